The van der Waals surface area contributed by atoms with Gasteiger partial charge in [0.05, 0.1) is 13.2 Å². The van der Waals surface area contributed by atoms with E-state index in [1.807, 2.05) is 0 Å². The third-order valence-corrected chi connectivity index (χ3v) is 2.06. The lowest BCUT2D eigenvalue weighted by molar-refractivity contribution is -0.0878. The minimum Gasteiger partial charge on any atom is -0.384 e. The molecule has 1 atom stereocenters. The number of nitrogens with zero attached hydrogens (tertiary/aromatic N) is 1. The van der Waals surface area contributed by atoms with E-state index in [9.17, 15) is 8.78 Å². The van der Waals surface area contributed by atoms with Gasteiger partial charge in [-0.3, -0.25) is 0 Å². The topological polar surface area (TPSA) is 12.5 Å². The molecule has 0 bridgehead atoms. The van der Waals surface area contributed by atoms with Gasteiger partial charge in [0, 0.05) is 26.0 Å². The molecule has 4 heteroatoms. The van der Waals surface area contributed by atoms with Gasteiger partial charge in [-0.05, 0) is 7.05 Å². The van der Waals surface area contributed by atoms with Crippen molar-refractivity contribution in [3.05, 3.63) is 0 Å². The van der Waals surface area contributed by atoms with Crippen LogP contribution in [0.3, 0.4) is 0 Å². The minimum atomic E-state index is -2.53. The Kier molecular flexibility index (Phi) is 3.01. The van der Waals surface area contributed by atoms with E-state index in [4.69, 9.17) is 4.74 Å². The van der Waals surface area contributed by atoms with Crippen LogP contribution in [0.1, 0.15) is 6.42 Å². The number of halogens is 2. The van der Waals surface area contributed by atoms with E-state index in [0.29, 0.717) is 13.2 Å². The largest absolute Gasteiger partial charge is 0.384 e. The molecule has 0 aromatic carbocycles. The predicted molar refractivity (Wildman–Crippen MR) is 42.4 cm³/mol. The molecule has 1 rings (SSSR count). The molecule has 0 amide bonds. The van der Waals surface area contributed by atoms with Gasteiger partial charge < -0.3 is 9.64 Å². The molecule has 0 unspecified atom stereocenters. The molecule has 0 aliphatic carbocycles. The van der Waals surface area contributed by atoms with Crippen molar-refractivity contribution in [1.29, 1.82) is 0 Å². The van der Waals surface area contributed by atoms with E-state index in [1.165, 1.54) is 0 Å². The zero-order valence-corrected chi connectivity index (χ0v) is 7.52. The normalized spacial score (nSPS) is 30.5. The Morgan fingerprint density at radius 3 is 2.75 bits per heavy atom. The smallest absolute Gasteiger partial charge is 0.260 e. The molecule has 1 aliphatic heterocycles. The van der Waals surface area contributed by atoms with Gasteiger partial charge in [0.15, 0.2) is 0 Å². The Bertz CT molecular complexity index is 152. The number of hydrogen-bond acceptors (Lipinski definition) is 2. The Morgan fingerprint density at radius 2 is 2.25 bits per heavy atom. The maximum atomic E-state index is 12.9. The van der Waals surface area contributed by atoms with Crippen molar-refractivity contribution in [2.24, 2.45) is 5.92 Å². The van der Waals surface area contributed by atoms with Crippen LogP contribution in [0, 0.1) is 5.92 Å². The fourth-order valence-corrected chi connectivity index (χ4v) is 1.80. The molecule has 0 aromatic rings. The SMILES string of the molecule is COC[C@H]1CN(C)CC(F)(F)C1. The Balaban J connectivity index is 2.46. The van der Waals surface area contributed by atoms with E-state index in [1.54, 1.807) is 19.1 Å². The van der Waals surface area contributed by atoms with Gasteiger partial charge in [-0.25, -0.2) is 8.78 Å². The third-order valence-electron chi connectivity index (χ3n) is 2.06. The van der Waals surface area contributed by atoms with Crippen molar-refractivity contribution in [3.63, 3.8) is 0 Å². The van der Waals surface area contributed by atoms with Crippen LogP contribution in [-0.4, -0.2) is 44.7 Å². The Morgan fingerprint density at radius 1 is 1.58 bits per heavy atom. The monoisotopic (exact) mass is 179 g/mol. The van der Waals surface area contributed by atoms with Crippen LogP contribution in [-0.2, 0) is 4.74 Å². The van der Waals surface area contributed by atoms with Crippen molar-refractivity contribution < 1.29 is 13.5 Å². The van der Waals surface area contributed by atoms with Crippen LogP contribution in [0.2, 0.25) is 0 Å². The van der Waals surface area contributed by atoms with Crippen molar-refractivity contribution in [2.45, 2.75) is 12.3 Å². The molecule has 72 valence electrons. The highest BCUT2D eigenvalue weighted by atomic mass is 19.3. The summed E-state index contributed by atoms with van der Waals surface area (Å²) < 4.78 is 30.7. The van der Waals surface area contributed by atoms with E-state index in [0.717, 1.165) is 0 Å². The summed E-state index contributed by atoms with van der Waals surface area (Å²) in [5, 5.41) is 0. The van der Waals surface area contributed by atoms with Gasteiger partial charge in [0.1, 0.15) is 0 Å². The maximum Gasteiger partial charge on any atom is 0.260 e. The molecule has 1 aliphatic rings. The summed E-state index contributed by atoms with van der Waals surface area (Å²) in [5.74, 6) is -2.56. The zero-order valence-electron chi connectivity index (χ0n) is 7.52. The number of rotatable bonds is 2. The van der Waals surface area contributed by atoms with Gasteiger partial charge in [0.25, 0.3) is 5.92 Å². The molecule has 0 aromatic heterocycles. The van der Waals surface area contributed by atoms with Gasteiger partial charge in [-0.1, -0.05) is 0 Å². The molecule has 0 saturated carbocycles. The summed E-state index contributed by atoms with van der Waals surface area (Å²) in [4.78, 5) is 1.66. The lowest BCUT2D eigenvalue weighted by Crippen LogP contribution is -2.46. The predicted octanol–water partition coefficient (Wildman–Crippen LogP) is 1.22. The summed E-state index contributed by atoms with van der Waals surface area (Å²) in [7, 11) is 3.27. The average molecular weight is 179 g/mol. The second-order valence-electron chi connectivity index (χ2n) is 3.58. The highest BCUT2D eigenvalue weighted by molar-refractivity contribution is 4.82. The van der Waals surface area contributed by atoms with Crippen LogP contribution in [0.4, 0.5) is 8.78 Å². The lowest BCUT2D eigenvalue weighted by Gasteiger charge is -2.34. The molecule has 2 nitrogen and oxygen atoms in total. The van der Waals surface area contributed by atoms with Crippen molar-refractivity contribution in [1.82, 2.24) is 4.90 Å². The summed E-state index contributed by atoms with van der Waals surface area (Å²) >= 11 is 0. The van der Waals surface area contributed by atoms with Crippen molar-refractivity contribution >= 4 is 0 Å². The first-order valence-corrected chi connectivity index (χ1v) is 4.09. The maximum absolute atomic E-state index is 12.9. The van der Waals surface area contributed by atoms with Crippen LogP contribution in [0.15, 0.2) is 0 Å². The number of ether oxygens (including phenoxy) is 1. The second-order valence-corrected chi connectivity index (χ2v) is 3.58. The van der Waals surface area contributed by atoms with Crippen molar-refractivity contribution in [2.75, 3.05) is 33.9 Å². The van der Waals surface area contributed by atoms with Gasteiger partial charge >= 0.3 is 0 Å². The standard InChI is InChI=1S/C8H15F2NO/c1-11-4-7(5-12-2)3-8(9,10)6-11/h7H,3-6H2,1-2H3/t7-/m1/s1. The van der Waals surface area contributed by atoms with Gasteiger partial charge in [0.2, 0.25) is 0 Å². The fourth-order valence-electron chi connectivity index (χ4n) is 1.80. The number of methoxy groups -OCH3 is 1. The van der Waals surface area contributed by atoms with Crippen molar-refractivity contribution in [3.8, 4) is 0 Å². The molecule has 1 heterocycles. The Labute approximate surface area is 71.5 Å². The molecule has 1 fully saturated rings. The van der Waals surface area contributed by atoms with E-state index < -0.39 is 5.92 Å². The zero-order chi connectivity index (χ0) is 9.19. The second kappa shape index (κ2) is 3.66. The first-order valence-electron chi connectivity index (χ1n) is 4.09. The summed E-state index contributed by atoms with van der Waals surface area (Å²) in [6, 6.07) is 0. The summed E-state index contributed by atoms with van der Waals surface area (Å²) in [5.41, 5.74) is 0. The highest BCUT2D eigenvalue weighted by Gasteiger charge is 2.38. The number of likely N-dealkylation sites (tertiary alicyclic amines) is 1. The molecule has 0 N–H and O–H groups in total. The summed E-state index contributed by atoms with van der Waals surface area (Å²) in [6.45, 7) is 1.02. The highest BCUT2D eigenvalue weighted by Crippen LogP contribution is 2.29. The van der Waals surface area contributed by atoms with Crippen LogP contribution >= 0.6 is 0 Å². The van der Waals surface area contributed by atoms with Gasteiger partial charge in [-0.15, -0.1) is 0 Å². The molecule has 12 heavy (non-hydrogen) atoms. The van der Waals surface area contributed by atoms with Crippen LogP contribution in [0.5, 0.6) is 0 Å². The van der Waals surface area contributed by atoms with Gasteiger partial charge in [-0.2, -0.15) is 0 Å². The molecule has 0 radical (unpaired) electrons. The van der Waals surface area contributed by atoms with Crippen LogP contribution < -0.4 is 0 Å². The molecular weight excluding hydrogens is 164 g/mol. The van der Waals surface area contributed by atoms with Crippen LogP contribution in [0.25, 0.3) is 0 Å². The molecular formula is C8H15F2NO. The number of hydrogen-bond donors (Lipinski definition) is 0. The fraction of sp³-hybridized carbons (Fsp3) is 1.00. The lowest BCUT2D eigenvalue weighted by atomic mass is 9.96. The third kappa shape index (κ3) is 2.68. The number of alkyl halides is 2. The first kappa shape index (κ1) is 9.86. The van der Waals surface area contributed by atoms with E-state index >= 15 is 0 Å². The number of piperidine rings is 1. The quantitative estimate of drug-likeness (QED) is 0.632. The Hall–Kier alpha value is -0.220. The first-order chi connectivity index (χ1) is 5.53. The molecule has 0 spiro atoms. The average Bonchev–Trinajstić information content (AvgIpc) is 1.82. The minimum absolute atomic E-state index is 0.0243. The van der Waals surface area contributed by atoms with E-state index in [2.05, 4.69) is 0 Å². The molecule has 1 saturated heterocycles. The summed E-state index contributed by atoms with van der Waals surface area (Å²) in [6.07, 6.45) is -0.0365. The van der Waals surface area contributed by atoms with E-state index in [-0.39, 0.29) is 18.9 Å².